The molecule has 3 unspecified atom stereocenters. The molecule has 3 rings (SSSR count). The molecular formula is C11H20O. The van der Waals surface area contributed by atoms with Crippen LogP contribution in [0.15, 0.2) is 0 Å². The van der Waals surface area contributed by atoms with Gasteiger partial charge in [-0.25, -0.2) is 0 Å². The van der Waals surface area contributed by atoms with Gasteiger partial charge in [0.1, 0.15) is 0 Å². The molecule has 0 amide bonds. The summed E-state index contributed by atoms with van der Waals surface area (Å²) in [4.78, 5) is 0. The lowest BCUT2D eigenvalue weighted by molar-refractivity contribution is -0.208. The molecule has 0 spiro atoms. The number of hydrogen-bond acceptors (Lipinski definition) is 1. The predicted molar refractivity (Wildman–Crippen MR) is 50.0 cm³/mol. The fraction of sp³-hybridized carbons (Fsp3) is 1.00. The zero-order valence-electron chi connectivity index (χ0n) is 8.47. The van der Waals surface area contributed by atoms with Crippen molar-refractivity contribution in [2.75, 3.05) is 13.2 Å². The maximum atomic E-state index is 5.63. The van der Waals surface area contributed by atoms with Crippen LogP contribution in [0.3, 0.4) is 0 Å². The lowest BCUT2D eigenvalue weighted by Crippen LogP contribution is -2.59. The number of hydrogen-bond donors (Lipinski definition) is 0. The van der Waals surface area contributed by atoms with Gasteiger partial charge in [0.2, 0.25) is 0 Å². The van der Waals surface area contributed by atoms with Gasteiger partial charge in [0.05, 0.1) is 6.61 Å². The summed E-state index contributed by atoms with van der Waals surface area (Å²) in [6.45, 7) is 9.10. The average molecular weight is 168 g/mol. The van der Waals surface area contributed by atoms with E-state index in [0.717, 1.165) is 31.0 Å². The third kappa shape index (κ3) is 0.891. The van der Waals surface area contributed by atoms with E-state index in [1.165, 1.54) is 12.8 Å². The smallest absolute Gasteiger partial charge is 0.0527 e. The molecule has 12 heavy (non-hydrogen) atoms. The van der Waals surface area contributed by atoms with Gasteiger partial charge in [-0.05, 0) is 29.6 Å². The molecular weight excluding hydrogens is 148 g/mol. The van der Waals surface area contributed by atoms with Gasteiger partial charge in [-0.2, -0.15) is 0 Å². The monoisotopic (exact) mass is 168 g/mol. The molecule has 1 heteroatoms. The Morgan fingerprint density at radius 3 is 2.67 bits per heavy atom. The summed E-state index contributed by atoms with van der Waals surface area (Å²) in [6, 6.07) is 0. The van der Waals surface area contributed by atoms with Crippen LogP contribution in [0.1, 0.15) is 33.6 Å². The van der Waals surface area contributed by atoms with E-state index < -0.39 is 0 Å². The van der Waals surface area contributed by atoms with Gasteiger partial charge in [0.25, 0.3) is 0 Å². The van der Waals surface area contributed by atoms with Crippen LogP contribution >= 0.6 is 0 Å². The second-order valence-corrected chi connectivity index (χ2v) is 4.88. The maximum absolute atomic E-state index is 5.63. The van der Waals surface area contributed by atoms with E-state index in [4.69, 9.17) is 4.74 Å². The van der Waals surface area contributed by atoms with Crippen molar-refractivity contribution in [3.63, 3.8) is 0 Å². The van der Waals surface area contributed by atoms with E-state index >= 15 is 0 Å². The Balaban J connectivity index is 2.14. The Morgan fingerprint density at radius 2 is 2.25 bits per heavy atom. The van der Waals surface area contributed by atoms with Crippen LogP contribution in [0.2, 0.25) is 0 Å². The standard InChI is InChI=1S/C11H20O/c1-4-10-9-5-11(10,8(2)3)7-12-6-9/h8-10H,4-7H2,1-3H3. The summed E-state index contributed by atoms with van der Waals surface area (Å²) in [5, 5.41) is 0. The van der Waals surface area contributed by atoms with Crippen LogP contribution in [0.4, 0.5) is 0 Å². The highest BCUT2D eigenvalue weighted by Crippen LogP contribution is 2.59. The molecule has 2 aliphatic heterocycles. The molecule has 3 aliphatic rings. The first-order chi connectivity index (χ1) is 5.70. The quantitative estimate of drug-likeness (QED) is 0.616. The molecule has 1 aliphatic carbocycles. The Hall–Kier alpha value is -0.0400. The summed E-state index contributed by atoms with van der Waals surface area (Å²) in [5.41, 5.74) is 0.567. The Morgan fingerprint density at radius 1 is 1.50 bits per heavy atom. The van der Waals surface area contributed by atoms with Crippen molar-refractivity contribution in [1.29, 1.82) is 0 Å². The number of ether oxygens (including phenoxy) is 1. The van der Waals surface area contributed by atoms with Crippen molar-refractivity contribution in [2.24, 2.45) is 23.2 Å². The van der Waals surface area contributed by atoms with Gasteiger partial charge in [-0.15, -0.1) is 0 Å². The molecule has 0 radical (unpaired) electrons. The summed E-state index contributed by atoms with van der Waals surface area (Å²) >= 11 is 0. The minimum absolute atomic E-state index is 0.567. The van der Waals surface area contributed by atoms with Gasteiger partial charge in [-0.3, -0.25) is 0 Å². The molecule has 0 aromatic rings. The Bertz CT molecular complexity index is 172. The zero-order chi connectivity index (χ0) is 8.77. The minimum Gasteiger partial charge on any atom is -0.381 e. The van der Waals surface area contributed by atoms with Crippen molar-refractivity contribution in [3.05, 3.63) is 0 Å². The van der Waals surface area contributed by atoms with Crippen LogP contribution in [0.5, 0.6) is 0 Å². The molecule has 1 saturated carbocycles. The van der Waals surface area contributed by atoms with Crippen molar-refractivity contribution in [3.8, 4) is 0 Å². The summed E-state index contributed by atoms with van der Waals surface area (Å²) in [7, 11) is 0. The van der Waals surface area contributed by atoms with Crippen LogP contribution < -0.4 is 0 Å². The molecule has 2 heterocycles. The lowest BCUT2D eigenvalue weighted by Gasteiger charge is -2.61. The highest BCUT2D eigenvalue weighted by molar-refractivity contribution is 5.04. The molecule has 0 aromatic carbocycles. The van der Waals surface area contributed by atoms with Crippen LogP contribution in [0, 0.1) is 23.2 Å². The Kier molecular flexibility index (Phi) is 1.95. The van der Waals surface area contributed by atoms with E-state index in [-0.39, 0.29) is 0 Å². The minimum atomic E-state index is 0.567. The van der Waals surface area contributed by atoms with Gasteiger partial charge < -0.3 is 4.74 Å². The molecule has 2 saturated heterocycles. The second kappa shape index (κ2) is 2.73. The van der Waals surface area contributed by atoms with Crippen molar-refractivity contribution < 1.29 is 4.74 Å². The van der Waals surface area contributed by atoms with Gasteiger partial charge in [0.15, 0.2) is 0 Å². The highest BCUT2D eigenvalue weighted by Gasteiger charge is 2.56. The molecule has 2 bridgehead atoms. The number of rotatable bonds is 2. The van der Waals surface area contributed by atoms with Crippen molar-refractivity contribution >= 4 is 0 Å². The predicted octanol–water partition coefficient (Wildman–Crippen LogP) is 2.71. The molecule has 3 atom stereocenters. The average Bonchev–Trinajstić information content (AvgIpc) is 2.05. The van der Waals surface area contributed by atoms with Gasteiger partial charge in [-0.1, -0.05) is 27.2 Å². The summed E-state index contributed by atoms with van der Waals surface area (Å²) < 4.78 is 5.63. The second-order valence-electron chi connectivity index (χ2n) is 4.88. The molecule has 3 fully saturated rings. The van der Waals surface area contributed by atoms with E-state index in [0.29, 0.717) is 5.41 Å². The van der Waals surface area contributed by atoms with Gasteiger partial charge >= 0.3 is 0 Å². The number of fused-ring (bicyclic) bond motifs is 2. The topological polar surface area (TPSA) is 9.23 Å². The van der Waals surface area contributed by atoms with Crippen LogP contribution in [-0.4, -0.2) is 13.2 Å². The summed E-state index contributed by atoms with van der Waals surface area (Å²) in [6.07, 6.45) is 2.79. The van der Waals surface area contributed by atoms with Crippen LogP contribution in [0.25, 0.3) is 0 Å². The molecule has 0 N–H and O–H groups in total. The van der Waals surface area contributed by atoms with Crippen LogP contribution in [-0.2, 0) is 4.74 Å². The van der Waals surface area contributed by atoms with E-state index in [1.807, 2.05) is 0 Å². The lowest BCUT2D eigenvalue weighted by atomic mass is 9.48. The first-order valence-electron chi connectivity index (χ1n) is 5.28. The van der Waals surface area contributed by atoms with E-state index in [2.05, 4.69) is 20.8 Å². The van der Waals surface area contributed by atoms with Crippen molar-refractivity contribution in [2.45, 2.75) is 33.6 Å². The molecule has 70 valence electrons. The van der Waals surface area contributed by atoms with E-state index in [1.54, 1.807) is 0 Å². The SMILES string of the molecule is CCC1C2COCC1(C(C)C)C2. The molecule has 0 aromatic heterocycles. The normalized spacial score (nSPS) is 46.0. The third-order valence-corrected chi connectivity index (χ3v) is 4.24. The van der Waals surface area contributed by atoms with E-state index in [9.17, 15) is 0 Å². The van der Waals surface area contributed by atoms with Gasteiger partial charge in [0, 0.05) is 6.61 Å². The fourth-order valence-electron chi connectivity index (χ4n) is 3.40. The first kappa shape index (κ1) is 8.55. The molecule has 1 nitrogen and oxygen atoms in total. The summed E-state index contributed by atoms with van der Waals surface area (Å²) in [5.74, 6) is 2.66. The largest absolute Gasteiger partial charge is 0.381 e. The zero-order valence-corrected chi connectivity index (χ0v) is 8.47. The fourth-order valence-corrected chi connectivity index (χ4v) is 3.40. The third-order valence-electron chi connectivity index (χ3n) is 4.24. The first-order valence-corrected chi connectivity index (χ1v) is 5.28. The Labute approximate surface area is 75.5 Å². The van der Waals surface area contributed by atoms with Crippen molar-refractivity contribution in [1.82, 2.24) is 0 Å². The maximum Gasteiger partial charge on any atom is 0.0527 e. The highest BCUT2D eigenvalue weighted by atomic mass is 16.5.